The highest BCUT2D eigenvalue weighted by Crippen LogP contribution is 2.37. The maximum atomic E-state index is 13.1. The molecule has 0 unspecified atom stereocenters. The Labute approximate surface area is 171 Å². The first-order chi connectivity index (χ1) is 13.9. The van der Waals surface area contributed by atoms with E-state index >= 15 is 0 Å². The van der Waals surface area contributed by atoms with Gasteiger partial charge in [0.05, 0.1) is 6.26 Å². The highest BCUT2D eigenvalue weighted by atomic mass is 16.3. The summed E-state index contributed by atoms with van der Waals surface area (Å²) in [5.41, 5.74) is 11.5. The molecule has 29 heavy (non-hydrogen) atoms. The largest absolute Gasteiger partial charge is 0.462 e. The number of ketones is 1. The van der Waals surface area contributed by atoms with Crippen LogP contribution in [0.1, 0.15) is 79.0 Å². The molecule has 0 aromatic carbocycles. The fraction of sp³-hybridized carbons (Fsp3) is 0.458. The molecular weight excluding hydrogens is 362 g/mol. The maximum Gasteiger partial charge on any atom is 0.185 e. The molecule has 1 aliphatic rings. The van der Waals surface area contributed by atoms with Gasteiger partial charge in [0.15, 0.2) is 11.4 Å². The van der Waals surface area contributed by atoms with Crippen molar-refractivity contribution in [1.82, 2.24) is 9.97 Å². The Bertz CT molecular complexity index is 1010. The van der Waals surface area contributed by atoms with Crippen LogP contribution in [0.15, 0.2) is 41.3 Å². The Hall–Kier alpha value is -2.53. The van der Waals surface area contributed by atoms with E-state index in [1.54, 1.807) is 12.3 Å². The van der Waals surface area contributed by atoms with Crippen molar-refractivity contribution in [2.75, 3.05) is 0 Å². The van der Waals surface area contributed by atoms with Crippen LogP contribution in [0.5, 0.6) is 0 Å². The van der Waals surface area contributed by atoms with Crippen LogP contribution >= 0.6 is 0 Å². The number of rotatable bonds is 5. The Morgan fingerprint density at radius 1 is 1.24 bits per heavy atom. The molecule has 2 N–H and O–H groups in total. The maximum absolute atomic E-state index is 13.1. The van der Waals surface area contributed by atoms with Gasteiger partial charge in [-0.3, -0.25) is 9.78 Å². The van der Waals surface area contributed by atoms with E-state index in [9.17, 15) is 4.79 Å². The zero-order valence-electron chi connectivity index (χ0n) is 17.4. The zero-order valence-corrected chi connectivity index (χ0v) is 17.4. The third-order valence-corrected chi connectivity index (χ3v) is 6.06. The van der Waals surface area contributed by atoms with Gasteiger partial charge in [-0.2, -0.15) is 0 Å². The van der Waals surface area contributed by atoms with Crippen LogP contribution in [0.2, 0.25) is 0 Å². The standard InChI is InChI=1S/C24H29N3O2/c1-14(2)20-13-29-23-5-4-21(27-24(20)23)22(28)11-17-12-26-7-6-19(17)16-8-15(3)9-18(25)10-16/h4-7,12-16,18H,8-11,25H2,1-3H3/t15-,16+,18-/m0/s1. The third kappa shape index (κ3) is 4.10. The van der Waals surface area contributed by atoms with Gasteiger partial charge in [0.1, 0.15) is 11.2 Å². The van der Waals surface area contributed by atoms with Gasteiger partial charge >= 0.3 is 0 Å². The smallest absolute Gasteiger partial charge is 0.185 e. The molecule has 0 aliphatic heterocycles. The number of nitrogens with zero attached hydrogens (tertiary/aromatic N) is 2. The fourth-order valence-corrected chi connectivity index (χ4v) is 4.65. The van der Waals surface area contributed by atoms with E-state index in [-0.39, 0.29) is 17.7 Å². The van der Waals surface area contributed by atoms with E-state index in [2.05, 4.69) is 36.8 Å². The number of hydrogen-bond acceptors (Lipinski definition) is 5. The van der Waals surface area contributed by atoms with Crippen LogP contribution in [0, 0.1) is 5.92 Å². The minimum absolute atomic E-state index is 0.00483. The highest BCUT2D eigenvalue weighted by Gasteiger charge is 2.27. The predicted octanol–water partition coefficient (Wildman–Crippen LogP) is 5.00. The Morgan fingerprint density at radius 3 is 2.83 bits per heavy atom. The number of carbonyl (C=O) groups excluding carboxylic acids is 1. The zero-order chi connectivity index (χ0) is 20.5. The van der Waals surface area contributed by atoms with Crippen molar-refractivity contribution in [2.45, 2.75) is 64.3 Å². The van der Waals surface area contributed by atoms with Gasteiger partial charge in [-0.1, -0.05) is 20.8 Å². The number of fused-ring (bicyclic) bond motifs is 1. The van der Waals surface area contributed by atoms with E-state index in [0.29, 0.717) is 24.0 Å². The summed E-state index contributed by atoms with van der Waals surface area (Å²) in [5.74, 6) is 1.28. The summed E-state index contributed by atoms with van der Waals surface area (Å²) in [4.78, 5) is 22.0. The van der Waals surface area contributed by atoms with Gasteiger partial charge < -0.3 is 10.2 Å². The first-order valence-electron chi connectivity index (χ1n) is 10.5. The molecule has 3 heterocycles. The van der Waals surface area contributed by atoms with Crippen molar-refractivity contribution >= 4 is 16.9 Å². The van der Waals surface area contributed by atoms with E-state index in [0.717, 1.165) is 41.5 Å². The Kier molecular flexibility index (Phi) is 5.50. The lowest BCUT2D eigenvalue weighted by atomic mass is 9.75. The van der Waals surface area contributed by atoms with Crippen LogP contribution in [0.3, 0.4) is 0 Å². The molecule has 1 fully saturated rings. The summed E-state index contributed by atoms with van der Waals surface area (Å²) in [7, 11) is 0. The van der Waals surface area contributed by atoms with E-state index < -0.39 is 0 Å². The normalized spacial score (nSPS) is 22.3. The monoisotopic (exact) mass is 391 g/mol. The van der Waals surface area contributed by atoms with Crippen molar-refractivity contribution in [3.63, 3.8) is 0 Å². The summed E-state index contributed by atoms with van der Waals surface area (Å²) in [5, 5.41) is 0. The predicted molar refractivity (Wildman–Crippen MR) is 114 cm³/mol. The lowest BCUT2D eigenvalue weighted by Crippen LogP contribution is -2.31. The van der Waals surface area contributed by atoms with Gasteiger partial charge in [-0.05, 0) is 66.3 Å². The molecule has 1 aliphatic carbocycles. The molecular formula is C24H29N3O2. The van der Waals surface area contributed by atoms with Crippen LogP contribution in [0.25, 0.3) is 11.1 Å². The molecule has 5 nitrogen and oxygen atoms in total. The van der Waals surface area contributed by atoms with Crippen molar-refractivity contribution < 1.29 is 9.21 Å². The lowest BCUT2D eigenvalue weighted by Gasteiger charge is -2.32. The van der Waals surface area contributed by atoms with Crippen LogP contribution in [-0.4, -0.2) is 21.8 Å². The van der Waals surface area contributed by atoms with Crippen LogP contribution < -0.4 is 5.73 Å². The quantitative estimate of drug-likeness (QED) is 0.619. The molecule has 3 aromatic rings. The number of carbonyl (C=O) groups is 1. The summed E-state index contributed by atoms with van der Waals surface area (Å²) in [6.45, 7) is 6.45. The minimum atomic E-state index is 0.00483. The van der Waals surface area contributed by atoms with Crippen molar-refractivity contribution in [2.24, 2.45) is 11.7 Å². The Morgan fingerprint density at radius 2 is 2.07 bits per heavy atom. The molecule has 1 saturated carbocycles. The summed E-state index contributed by atoms with van der Waals surface area (Å²) >= 11 is 0. The van der Waals surface area contributed by atoms with Crippen LogP contribution in [-0.2, 0) is 6.42 Å². The van der Waals surface area contributed by atoms with Crippen molar-refractivity contribution in [1.29, 1.82) is 0 Å². The fourth-order valence-electron chi connectivity index (χ4n) is 4.65. The topological polar surface area (TPSA) is 82.0 Å². The molecule has 0 amide bonds. The second-order valence-corrected chi connectivity index (χ2v) is 8.83. The van der Waals surface area contributed by atoms with Gasteiger partial charge in [-0.25, -0.2) is 4.98 Å². The molecule has 0 spiro atoms. The highest BCUT2D eigenvalue weighted by molar-refractivity contribution is 5.97. The third-order valence-electron chi connectivity index (χ3n) is 6.06. The van der Waals surface area contributed by atoms with Crippen LogP contribution in [0.4, 0.5) is 0 Å². The first kappa shape index (κ1) is 19.8. The molecule has 0 radical (unpaired) electrons. The summed E-state index contributed by atoms with van der Waals surface area (Å²) < 4.78 is 5.59. The molecule has 4 rings (SSSR count). The average molecular weight is 392 g/mol. The van der Waals surface area contributed by atoms with E-state index in [1.807, 2.05) is 18.5 Å². The van der Waals surface area contributed by atoms with Gasteiger partial charge in [0.25, 0.3) is 0 Å². The average Bonchev–Trinajstić information content (AvgIpc) is 3.11. The number of aromatic nitrogens is 2. The minimum Gasteiger partial charge on any atom is -0.462 e. The molecule has 3 aromatic heterocycles. The molecule has 0 saturated heterocycles. The SMILES string of the molecule is CC(C)c1coc2ccc(C(=O)Cc3cnccc3[C@@H]3C[C@H](C)C[C@H](N)C3)nc12. The van der Waals surface area contributed by atoms with Gasteiger partial charge in [-0.15, -0.1) is 0 Å². The number of Topliss-reactive ketones (excluding diaryl/α,β-unsaturated/α-hetero) is 1. The first-order valence-corrected chi connectivity index (χ1v) is 10.5. The Balaban J connectivity index is 1.61. The molecule has 152 valence electrons. The summed E-state index contributed by atoms with van der Waals surface area (Å²) in [6.07, 6.45) is 8.83. The van der Waals surface area contributed by atoms with E-state index in [1.165, 1.54) is 5.56 Å². The number of furan rings is 1. The second-order valence-electron chi connectivity index (χ2n) is 8.83. The number of pyridine rings is 2. The molecule has 0 bridgehead atoms. The summed E-state index contributed by atoms with van der Waals surface area (Å²) in [6, 6.07) is 5.88. The number of hydrogen-bond donors (Lipinski definition) is 1. The van der Waals surface area contributed by atoms with Crippen molar-refractivity contribution in [3.8, 4) is 0 Å². The molecule has 5 heteroatoms. The van der Waals surface area contributed by atoms with Crippen molar-refractivity contribution in [3.05, 3.63) is 59.2 Å². The van der Waals surface area contributed by atoms with E-state index in [4.69, 9.17) is 10.2 Å². The van der Waals surface area contributed by atoms with Gasteiger partial charge in [0.2, 0.25) is 0 Å². The lowest BCUT2D eigenvalue weighted by molar-refractivity contribution is 0.0988. The second kappa shape index (κ2) is 8.07. The molecule has 3 atom stereocenters. The van der Waals surface area contributed by atoms with Gasteiger partial charge in [0, 0.05) is 30.4 Å². The number of nitrogens with two attached hydrogens (primary N) is 1.